The Morgan fingerprint density at radius 3 is 1.72 bits per heavy atom. The van der Waals surface area contributed by atoms with E-state index in [-0.39, 0.29) is 0 Å². The van der Waals surface area contributed by atoms with Gasteiger partial charge in [-0.1, -0.05) is 78.9 Å². The molecule has 10 aromatic rings. The average molecular weight is 691 g/mol. The summed E-state index contributed by atoms with van der Waals surface area (Å²) in [6.07, 6.45) is 0. The van der Waals surface area contributed by atoms with Gasteiger partial charge in [0.05, 0.1) is 22.7 Å². The van der Waals surface area contributed by atoms with Crippen LogP contribution in [0.5, 0.6) is 0 Å². The highest BCUT2D eigenvalue weighted by atomic mass is 32.1. The molecule has 0 fully saturated rings. The molecule has 10 rings (SSSR count). The first-order valence-electron chi connectivity index (χ1n) is 16.5. The van der Waals surface area contributed by atoms with Gasteiger partial charge in [-0.15, -0.1) is 34.0 Å². The molecule has 0 radical (unpaired) electrons. The Balaban J connectivity index is 0.971. The van der Waals surface area contributed by atoms with Gasteiger partial charge in [-0.2, -0.15) is 5.26 Å². The van der Waals surface area contributed by atoms with Gasteiger partial charge in [-0.25, -0.2) is 0 Å². The molecule has 0 unspecified atom stereocenters. The Hall–Kier alpha value is -5.77. The largest absolute Gasteiger partial charge is 0.309 e. The minimum absolute atomic E-state index is 0.685. The number of rotatable bonds is 5. The summed E-state index contributed by atoms with van der Waals surface area (Å²) in [6.45, 7) is 0. The van der Waals surface area contributed by atoms with Crippen molar-refractivity contribution in [1.29, 1.82) is 5.26 Å². The molecule has 234 valence electrons. The van der Waals surface area contributed by atoms with E-state index in [9.17, 15) is 0 Å². The predicted octanol–water partition coefficient (Wildman–Crippen LogP) is 13.8. The number of hydrogen-bond acceptors (Lipinski definition) is 4. The Bertz CT molecular complexity index is 2930. The van der Waals surface area contributed by atoms with E-state index in [2.05, 4.69) is 144 Å². The van der Waals surface area contributed by atoms with Crippen molar-refractivity contribution in [2.75, 3.05) is 0 Å². The quantitative estimate of drug-likeness (QED) is 0.177. The summed E-state index contributed by atoms with van der Waals surface area (Å²) in [6, 6.07) is 59.1. The minimum Gasteiger partial charge on any atom is -0.309 e. The third-order valence-corrected chi connectivity index (χ3v) is 13.2. The van der Waals surface area contributed by atoms with E-state index in [1.165, 1.54) is 83.9 Å². The molecular formula is C45H26N2S3. The SMILES string of the molecule is N#Cc1ccc(-c2ccc(-c3ccc(-c4ccc(-c5ccc6c(c5)c5ccccc5n6-c5ccc6sc7ccccc7c6c5)cc4)s3)s2)cc1. The number of hydrogen-bond donors (Lipinski definition) is 0. The van der Waals surface area contributed by atoms with Gasteiger partial charge in [0.25, 0.3) is 0 Å². The summed E-state index contributed by atoms with van der Waals surface area (Å²) in [5, 5.41) is 14.3. The Kier molecular flexibility index (Phi) is 6.82. The molecule has 0 bridgehead atoms. The third-order valence-electron chi connectivity index (χ3n) is 9.55. The number of thiophene rings is 3. The molecule has 0 aliphatic heterocycles. The van der Waals surface area contributed by atoms with Crippen LogP contribution < -0.4 is 0 Å². The van der Waals surface area contributed by atoms with Crippen molar-refractivity contribution >= 4 is 76.0 Å². The van der Waals surface area contributed by atoms with Crippen LogP contribution in [0, 0.1) is 11.3 Å². The monoisotopic (exact) mass is 690 g/mol. The van der Waals surface area contributed by atoms with Gasteiger partial charge in [0, 0.05) is 56.1 Å². The maximum Gasteiger partial charge on any atom is 0.0991 e. The van der Waals surface area contributed by atoms with E-state index in [1.54, 1.807) is 11.3 Å². The topological polar surface area (TPSA) is 28.7 Å². The van der Waals surface area contributed by atoms with Crippen molar-refractivity contribution in [1.82, 2.24) is 4.57 Å². The molecule has 4 heterocycles. The van der Waals surface area contributed by atoms with Crippen molar-refractivity contribution in [3.8, 4) is 53.5 Å². The lowest BCUT2D eigenvalue weighted by atomic mass is 10.0. The normalized spacial score (nSPS) is 11.6. The number of para-hydroxylation sites is 1. The van der Waals surface area contributed by atoms with Gasteiger partial charge in [-0.3, -0.25) is 0 Å². The van der Waals surface area contributed by atoms with Crippen LogP contribution in [0.2, 0.25) is 0 Å². The second-order valence-electron chi connectivity index (χ2n) is 12.5. The molecule has 0 aliphatic carbocycles. The summed E-state index contributed by atoms with van der Waals surface area (Å²) in [5.41, 5.74) is 9.10. The standard InChI is InChI=1S/C45H26N2S3/c46-27-28-9-11-30(12-10-28)40-21-23-44(48-40)45-24-22-41(49-45)31-15-13-29(14-16-31)32-17-19-39-36(25-32)34-5-1-3-7-38(34)47(39)33-18-20-43-37(26-33)35-6-2-4-8-42(35)50-43/h1-26H. The number of aromatic nitrogens is 1. The molecule has 2 nitrogen and oxygen atoms in total. The first-order valence-corrected chi connectivity index (χ1v) is 18.9. The fourth-order valence-electron chi connectivity index (χ4n) is 7.07. The molecule has 4 aromatic heterocycles. The Morgan fingerprint density at radius 2 is 0.980 bits per heavy atom. The van der Waals surface area contributed by atoms with E-state index in [1.807, 2.05) is 46.9 Å². The smallest absolute Gasteiger partial charge is 0.0991 e. The molecule has 0 N–H and O–H groups in total. The molecule has 0 saturated heterocycles. The van der Waals surface area contributed by atoms with Crippen LogP contribution in [-0.2, 0) is 0 Å². The van der Waals surface area contributed by atoms with Crippen molar-refractivity contribution in [2.24, 2.45) is 0 Å². The minimum atomic E-state index is 0.685. The maximum atomic E-state index is 9.13. The van der Waals surface area contributed by atoms with E-state index >= 15 is 0 Å². The van der Waals surface area contributed by atoms with Crippen LogP contribution in [0.15, 0.2) is 158 Å². The summed E-state index contributed by atoms with van der Waals surface area (Å²) in [5.74, 6) is 0. The van der Waals surface area contributed by atoms with Gasteiger partial charge in [0.15, 0.2) is 0 Å². The number of nitrogens with zero attached hydrogens (tertiary/aromatic N) is 2. The van der Waals surface area contributed by atoms with Gasteiger partial charge >= 0.3 is 0 Å². The Morgan fingerprint density at radius 1 is 0.400 bits per heavy atom. The number of nitriles is 1. The molecule has 0 spiro atoms. The first kappa shape index (κ1) is 29.2. The zero-order chi connectivity index (χ0) is 33.2. The van der Waals surface area contributed by atoms with Crippen LogP contribution >= 0.6 is 34.0 Å². The second-order valence-corrected chi connectivity index (χ2v) is 15.7. The van der Waals surface area contributed by atoms with Crippen LogP contribution in [0.4, 0.5) is 0 Å². The zero-order valence-electron chi connectivity index (χ0n) is 26.6. The highest BCUT2D eigenvalue weighted by Crippen LogP contribution is 2.42. The summed E-state index contributed by atoms with van der Waals surface area (Å²) in [7, 11) is 0. The molecule has 0 aliphatic rings. The number of fused-ring (bicyclic) bond motifs is 6. The lowest BCUT2D eigenvalue weighted by Gasteiger charge is -2.09. The predicted molar refractivity (Wildman–Crippen MR) is 216 cm³/mol. The maximum absolute atomic E-state index is 9.13. The molecule has 6 aromatic carbocycles. The van der Waals surface area contributed by atoms with Crippen molar-refractivity contribution in [2.45, 2.75) is 0 Å². The zero-order valence-corrected chi connectivity index (χ0v) is 29.1. The summed E-state index contributed by atoms with van der Waals surface area (Å²) in [4.78, 5) is 4.99. The van der Waals surface area contributed by atoms with E-state index < -0.39 is 0 Å². The first-order chi connectivity index (χ1) is 24.7. The lowest BCUT2D eigenvalue weighted by molar-refractivity contribution is 1.19. The van der Waals surface area contributed by atoms with Gasteiger partial charge < -0.3 is 4.57 Å². The van der Waals surface area contributed by atoms with Gasteiger partial charge in [0.1, 0.15) is 0 Å². The fourth-order valence-corrected chi connectivity index (χ4v) is 10.3. The number of benzene rings is 6. The highest BCUT2D eigenvalue weighted by molar-refractivity contribution is 7.26. The highest BCUT2D eigenvalue weighted by Gasteiger charge is 2.15. The third kappa shape index (κ3) is 4.80. The van der Waals surface area contributed by atoms with Crippen LogP contribution in [-0.4, -0.2) is 4.57 Å². The Labute approximate surface area is 301 Å². The lowest BCUT2D eigenvalue weighted by Crippen LogP contribution is -1.93. The average Bonchev–Trinajstić information content (AvgIpc) is 3.99. The molecule has 0 saturated carbocycles. The van der Waals surface area contributed by atoms with E-state index in [0.717, 1.165) is 5.56 Å². The summed E-state index contributed by atoms with van der Waals surface area (Å²) >= 11 is 5.48. The van der Waals surface area contributed by atoms with E-state index in [4.69, 9.17) is 5.26 Å². The van der Waals surface area contributed by atoms with E-state index in [0.29, 0.717) is 5.56 Å². The van der Waals surface area contributed by atoms with Crippen molar-refractivity contribution in [3.05, 3.63) is 163 Å². The van der Waals surface area contributed by atoms with Gasteiger partial charge in [-0.05, 0) is 101 Å². The van der Waals surface area contributed by atoms with Crippen LogP contribution in [0.25, 0.3) is 89.4 Å². The van der Waals surface area contributed by atoms with Crippen LogP contribution in [0.1, 0.15) is 5.56 Å². The van der Waals surface area contributed by atoms with Crippen molar-refractivity contribution in [3.63, 3.8) is 0 Å². The second kappa shape index (κ2) is 11.7. The van der Waals surface area contributed by atoms with Crippen LogP contribution in [0.3, 0.4) is 0 Å². The molecule has 50 heavy (non-hydrogen) atoms. The molecule has 5 heteroatoms. The van der Waals surface area contributed by atoms with Crippen molar-refractivity contribution < 1.29 is 0 Å². The van der Waals surface area contributed by atoms with Gasteiger partial charge in [0.2, 0.25) is 0 Å². The molecular weight excluding hydrogens is 665 g/mol. The summed E-state index contributed by atoms with van der Waals surface area (Å²) < 4.78 is 5.06. The molecule has 0 atom stereocenters. The fraction of sp³-hybridized carbons (Fsp3) is 0. The molecule has 0 amide bonds.